The van der Waals surface area contributed by atoms with E-state index in [1.807, 2.05) is 23.1 Å². The van der Waals surface area contributed by atoms with E-state index in [0.29, 0.717) is 18.4 Å². The molecule has 0 aliphatic heterocycles. The first-order valence-electron chi connectivity index (χ1n) is 12.2. The van der Waals surface area contributed by atoms with Gasteiger partial charge in [0.15, 0.2) is 0 Å². The SMILES string of the molecule is CC(C)CCN(C(=O)Nc1ccc(C(C)C)cc1)C1Cc2ccc(SC(C)(C)C(=O)O)cc2C1. The van der Waals surface area contributed by atoms with Crippen LogP contribution in [0.4, 0.5) is 10.5 Å². The zero-order chi connectivity index (χ0) is 25.0. The Hall–Kier alpha value is -2.47. The smallest absolute Gasteiger partial charge is 0.322 e. The number of benzene rings is 2. The summed E-state index contributed by atoms with van der Waals surface area (Å²) in [5, 5.41) is 12.6. The maximum absolute atomic E-state index is 13.4. The molecule has 0 aromatic heterocycles. The predicted molar refractivity (Wildman–Crippen MR) is 141 cm³/mol. The average Bonchev–Trinajstić information content (AvgIpc) is 3.16. The molecule has 1 aliphatic rings. The molecule has 2 amide bonds. The number of urea groups is 1. The van der Waals surface area contributed by atoms with E-state index in [1.165, 1.54) is 28.5 Å². The number of thioether (sulfide) groups is 1. The number of carbonyl (C=O) groups excluding carboxylic acids is 1. The Labute approximate surface area is 208 Å². The van der Waals surface area contributed by atoms with E-state index in [4.69, 9.17) is 0 Å². The number of anilines is 1. The molecule has 0 spiro atoms. The number of rotatable bonds is 9. The number of hydrogen-bond donors (Lipinski definition) is 2. The summed E-state index contributed by atoms with van der Waals surface area (Å²) < 4.78 is -0.888. The summed E-state index contributed by atoms with van der Waals surface area (Å²) in [6.07, 6.45) is 2.55. The lowest BCUT2D eigenvalue weighted by Crippen LogP contribution is -2.44. The monoisotopic (exact) mass is 482 g/mol. The maximum Gasteiger partial charge on any atom is 0.322 e. The van der Waals surface area contributed by atoms with Gasteiger partial charge in [-0.25, -0.2) is 4.79 Å². The van der Waals surface area contributed by atoms with Crippen LogP contribution in [0.15, 0.2) is 47.4 Å². The Morgan fingerprint density at radius 2 is 1.71 bits per heavy atom. The van der Waals surface area contributed by atoms with Gasteiger partial charge in [-0.3, -0.25) is 4.79 Å². The van der Waals surface area contributed by atoms with Crippen LogP contribution in [0.5, 0.6) is 0 Å². The molecule has 2 aromatic rings. The van der Waals surface area contributed by atoms with Gasteiger partial charge in [0, 0.05) is 23.2 Å². The van der Waals surface area contributed by atoms with E-state index in [-0.39, 0.29) is 12.1 Å². The Bertz CT molecular complexity index is 1010. The molecule has 0 saturated carbocycles. The van der Waals surface area contributed by atoms with E-state index < -0.39 is 10.7 Å². The van der Waals surface area contributed by atoms with Crippen LogP contribution in [0.2, 0.25) is 0 Å². The molecule has 1 unspecified atom stereocenters. The summed E-state index contributed by atoms with van der Waals surface area (Å²) in [4.78, 5) is 27.8. The summed E-state index contributed by atoms with van der Waals surface area (Å²) in [6, 6.07) is 14.3. The lowest BCUT2D eigenvalue weighted by atomic mass is 10.0. The Morgan fingerprint density at radius 3 is 2.29 bits per heavy atom. The van der Waals surface area contributed by atoms with Gasteiger partial charge in [-0.1, -0.05) is 45.9 Å². The summed E-state index contributed by atoms with van der Waals surface area (Å²) >= 11 is 1.36. The molecule has 0 saturated heterocycles. The molecule has 2 aromatic carbocycles. The van der Waals surface area contributed by atoms with Crippen LogP contribution >= 0.6 is 11.8 Å². The first-order chi connectivity index (χ1) is 16.0. The summed E-state index contributed by atoms with van der Waals surface area (Å²) in [5.74, 6) is 0.132. The van der Waals surface area contributed by atoms with E-state index in [1.54, 1.807) is 13.8 Å². The normalized spacial score (nSPS) is 15.5. The molecule has 34 heavy (non-hydrogen) atoms. The van der Waals surface area contributed by atoms with Gasteiger partial charge < -0.3 is 15.3 Å². The fourth-order valence-electron chi connectivity index (χ4n) is 4.19. The highest BCUT2D eigenvalue weighted by Gasteiger charge is 2.32. The maximum atomic E-state index is 13.4. The van der Waals surface area contributed by atoms with Crippen molar-refractivity contribution < 1.29 is 14.7 Å². The largest absolute Gasteiger partial charge is 0.480 e. The lowest BCUT2D eigenvalue weighted by molar-refractivity contribution is -0.138. The minimum Gasteiger partial charge on any atom is -0.480 e. The summed E-state index contributed by atoms with van der Waals surface area (Å²) in [6.45, 7) is 12.8. The van der Waals surface area contributed by atoms with Crippen LogP contribution in [-0.2, 0) is 17.6 Å². The number of amides is 2. The minimum absolute atomic E-state index is 0.0580. The van der Waals surface area contributed by atoms with Crippen molar-refractivity contribution in [2.45, 2.75) is 82.4 Å². The Morgan fingerprint density at radius 1 is 1.06 bits per heavy atom. The number of carboxylic acids is 1. The predicted octanol–water partition coefficient (Wildman–Crippen LogP) is 6.81. The van der Waals surface area contributed by atoms with Crippen LogP contribution in [0.3, 0.4) is 0 Å². The number of carboxylic acid groups (broad SMARTS) is 1. The van der Waals surface area contributed by atoms with E-state index >= 15 is 0 Å². The molecule has 1 aliphatic carbocycles. The van der Waals surface area contributed by atoms with Crippen molar-refractivity contribution in [2.75, 3.05) is 11.9 Å². The molecule has 0 heterocycles. The molecule has 3 rings (SSSR count). The molecule has 6 heteroatoms. The van der Waals surface area contributed by atoms with Crippen molar-refractivity contribution in [3.63, 3.8) is 0 Å². The minimum atomic E-state index is -0.888. The molecular formula is C28H38N2O3S. The molecule has 5 nitrogen and oxygen atoms in total. The average molecular weight is 483 g/mol. The second kappa shape index (κ2) is 10.9. The number of fused-ring (bicyclic) bond motifs is 1. The van der Waals surface area contributed by atoms with Crippen LogP contribution in [0.25, 0.3) is 0 Å². The standard InChI is InChI=1S/C28H38N2O3S/c1-18(2)13-14-30(27(33)29-23-10-7-20(8-11-23)19(3)4)24-15-21-9-12-25(17-22(21)16-24)34-28(5,6)26(31)32/h7-12,17-19,24H,13-16H2,1-6H3,(H,29,33)(H,31,32). The molecule has 2 N–H and O–H groups in total. The fourth-order valence-corrected chi connectivity index (χ4v) is 5.20. The van der Waals surface area contributed by atoms with Crippen LogP contribution in [0.1, 0.15) is 70.6 Å². The van der Waals surface area contributed by atoms with Crippen molar-refractivity contribution in [1.82, 2.24) is 4.90 Å². The Kier molecular flexibility index (Phi) is 8.34. The molecule has 0 fully saturated rings. The Balaban J connectivity index is 1.74. The molecule has 1 atom stereocenters. The van der Waals surface area contributed by atoms with Crippen molar-refractivity contribution in [1.29, 1.82) is 0 Å². The van der Waals surface area contributed by atoms with Crippen molar-refractivity contribution in [3.05, 3.63) is 59.2 Å². The van der Waals surface area contributed by atoms with Crippen molar-refractivity contribution in [3.8, 4) is 0 Å². The quantitative estimate of drug-likeness (QED) is 0.385. The van der Waals surface area contributed by atoms with Crippen molar-refractivity contribution in [2.24, 2.45) is 5.92 Å². The molecule has 0 radical (unpaired) electrons. The second-order valence-electron chi connectivity index (χ2n) is 10.5. The van der Waals surface area contributed by atoms with Gasteiger partial charge >= 0.3 is 12.0 Å². The number of nitrogens with one attached hydrogen (secondary N) is 1. The molecule has 0 bridgehead atoms. The third-order valence-electron chi connectivity index (χ3n) is 6.45. The van der Waals surface area contributed by atoms with Gasteiger partial charge in [0.25, 0.3) is 0 Å². The van der Waals surface area contributed by atoms with Crippen LogP contribution in [0, 0.1) is 5.92 Å². The van der Waals surface area contributed by atoms with Crippen molar-refractivity contribution >= 4 is 29.4 Å². The topological polar surface area (TPSA) is 69.6 Å². The first kappa shape index (κ1) is 26.1. The zero-order valence-electron chi connectivity index (χ0n) is 21.2. The van der Waals surface area contributed by atoms with Gasteiger partial charge in [0.05, 0.1) is 0 Å². The second-order valence-corrected chi connectivity index (χ2v) is 12.2. The number of nitrogens with zero attached hydrogens (tertiary/aromatic N) is 1. The number of hydrogen-bond acceptors (Lipinski definition) is 3. The highest BCUT2D eigenvalue weighted by molar-refractivity contribution is 8.01. The van der Waals surface area contributed by atoms with Crippen LogP contribution < -0.4 is 5.32 Å². The van der Waals surface area contributed by atoms with Gasteiger partial charge in [0.1, 0.15) is 4.75 Å². The van der Waals surface area contributed by atoms with Gasteiger partial charge in [0.2, 0.25) is 0 Å². The third-order valence-corrected chi connectivity index (χ3v) is 7.63. The van der Waals surface area contributed by atoms with Gasteiger partial charge in [-0.2, -0.15) is 0 Å². The third kappa shape index (κ3) is 6.56. The first-order valence-corrected chi connectivity index (χ1v) is 13.0. The van der Waals surface area contributed by atoms with Crippen LogP contribution in [-0.4, -0.2) is 39.3 Å². The highest BCUT2D eigenvalue weighted by Crippen LogP contribution is 2.36. The van der Waals surface area contributed by atoms with Gasteiger partial charge in [-0.05, 0) is 85.9 Å². The molecular weight excluding hydrogens is 444 g/mol. The summed E-state index contributed by atoms with van der Waals surface area (Å²) in [7, 11) is 0. The highest BCUT2D eigenvalue weighted by atomic mass is 32.2. The van der Waals surface area contributed by atoms with E-state index in [9.17, 15) is 14.7 Å². The van der Waals surface area contributed by atoms with E-state index in [2.05, 4.69) is 57.3 Å². The van der Waals surface area contributed by atoms with E-state index in [0.717, 1.165) is 29.8 Å². The number of aliphatic carboxylic acids is 1. The van der Waals surface area contributed by atoms with Gasteiger partial charge in [-0.15, -0.1) is 11.8 Å². The zero-order valence-corrected chi connectivity index (χ0v) is 22.0. The molecule has 184 valence electrons. The lowest BCUT2D eigenvalue weighted by Gasteiger charge is -2.30. The number of carbonyl (C=O) groups is 2. The fraction of sp³-hybridized carbons (Fsp3) is 0.500. The summed E-state index contributed by atoms with van der Waals surface area (Å²) in [5.41, 5.74) is 4.51.